The number of methoxy groups -OCH3 is 1. The fraction of sp³-hybridized carbons (Fsp3) is 0.360. The smallest absolute Gasteiger partial charge is 0.332 e. The molecule has 17 heteroatoms. The van der Waals surface area contributed by atoms with Gasteiger partial charge in [-0.2, -0.15) is 9.97 Å². The molecule has 2 aromatic carbocycles. The highest BCUT2D eigenvalue weighted by Crippen LogP contribution is 2.43. The van der Waals surface area contributed by atoms with Crippen LogP contribution in [0.5, 0.6) is 5.88 Å². The van der Waals surface area contributed by atoms with E-state index in [-0.39, 0.29) is 23.0 Å². The molecule has 1 aliphatic heterocycles. The summed E-state index contributed by atoms with van der Waals surface area (Å²) in [6, 6.07) is 11.2. The average Bonchev–Trinajstić information content (AvgIpc) is 3.39. The van der Waals surface area contributed by atoms with Gasteiger partial charge in [0.1, 0.15) is 30.1 Å². The van der Waals surface area contributed by atoms with Crippen LogP contribution < -0.4 is 20.2 Å². The van der Waals surface area contributed by atoms with Crippen LogP contribution in [0.1, 0.15) is 20.1 Å². The predicted octanol–water partition coefficient (Wildman–Crippen LogP) is 1.95. The van der Waals surface area contributed by atoms with Crippen LogP contribution in [-0.4, -0.2) is 78.4 Å². The lowest BCUT2D eigenvalue weighted by molar-refractivity contribution is -0.164. The van der Waals surface area contributed by atoms with Gasteiger partial charge >= 0.3 is 14.1 Å². The number of benzene rings is 2. The maximum atomic E-state index is 13.4. The second kappa shape index (κ2) is 11.8. The van der Waals surface area contributed by atoms with Crippen molar-refractivity contribution in [1.29, 1.82) is 0 Å². The van der Waals surface area contributed by atoms with Crippen molar-refractivity contribution in [2.45, 2.75) is 43.9 Å². The summed E-state index contributed by atoms with van der Waals surface area (Å²) < 4.78 is 17.1. The molecule has 0 aliphatic carbocycles. The molecule has 0 amide bonds. The maximum absolute atomic E-state index is 13.4. The van der Waals surface area contributed by atoms with E-state index in [1.165, 1.54) is 25.5 Å². The van der Waals surface area contributed by atoms with E-state index in [0.717, 1.165) is 10.2 Å². The maximum Gasteiger partial charge on any atom is 0.332 e. The number of aliphatic carboxylic acids is 1. The number of aromatic nitrogens is 4. The number of carboxylic acids is 1. The third-order valence-corrected chi connectivity index (χ3v) is 8.73. The second-order valence-corrected chi connectivity index (χ2v) is 11.7. The van der Waals surface area contributed by atoms with E-state index >= 15 is 0 Å². The number of imidazole rings is 1. The van der Waals surface area contributed by atoms with Crippen LogP contribution in [0.3, 0.4) is 0 Å². The van der Waals surface area contributed by atoms with Crippen LogP contribution in [-0.2, 0) is 14.4 Å². The molecule has 6 atom stereocenters. The number of rotatable bonds is 9. The first-order chi connectivity index (χ1) is 19.9. The zero-order chi connectivity index (χ0) is 30.3. The number of fused-ring (bicyclic) bond motifs is 2. The summed E-state index contributed by atoms with van der Waals surface area (Å²) in [5.74, 6) is -1.22. The van der Waals surface area contributed by atoms with Gasteiger partial charge in [-0.3, -0.25) is 4.57 Å². The number of hydrogen-bond donors (Lipinski definition) is 4. The van der Waals surface area contributed by atoms with E-state index < -0.39 is 50.7 Å². The van der Waals surface area contributed by atoms with Crippen molar-refractivity contribution in [3.63, 3.8) is 0 Å². The van der Waals surface area contributed by atoms with Gasteiger partial charge in [-0.05, 0) is 25.3 Å². The van der Waals surface area contributed by atoms with Gasteiger partial charge in [-0.1, -0.05) is 46.0 Å². The van der Waals surface area contributed by atoms with Gasteiger partial charge in [0, 0.05) is 28.0 Å². The zero-order valence-corrected chi connectivity index (χ0v) is 25.6. The highest BCUT2D eigenvalue weighted by atomic mass is 127. The number of carboxylic acid groups (broad SMARTS) is 1. The molecular formula is C25H27IN7O8P. The summed E-state index contributed by atoms with van der Waals surface area (Å²) >= 11 is 1.93. The number of aliphatic hydroxyl groups excluding tert-OH is 1. The van der Waals surface area contributed by atoms with E-state index in [2.05, 4.69) is 19.7 Å². The molecule has 42 heavy (non-hydrogen) atoms. The van der Waals surface area contributed by atoms with Crippen LogP contribution in [0.15, 0.2) is 47.2 Å². The van der Waals surface area contributed by atoms with Crippen molar-refractivity contribution >= 4 is 70.2 Å². The normalized spacial score (nSPS) is 23.4. The molecule has 3 unspecified atom stereocenters. The topological polar surface area (TPSA) is 214 Å². The third kappa shape index (κ3) is 5.46. The Balaban J connectivity index is 1.49. The first kappa shape index (κ1) is 30.2. The lowest BCUT2D eigenvalue weighted by Gasteiger charge is -2.27. The molecule has 5 N–H and O–H groups in total. The Morgan fingerprint density at radius 3 is 2.74 bits per heavy atom. The predicted molar refractivity (Wildman–Crippen MR) is 158 cm³/mol. The number of anilines is 2. The summed E-state index contributed by atoms with van der Waals surface area (Å²) in [6.45, 7) is 2.29. The summed E-state index contributed by atoms with van der Waals surface area (Å²) in [7, 11) is -1.36. The van der Waals surface area contributed by atoms with Gasteiger partial charge in [-0.25, -0.2) is 14.6 Å². The molecule has 5 rings (SSSR count). The number of hydrogen-bond acceptors (Lipinski definition) is 12. The Hall–Kier alpha value is -3.25. The van der Waals surface area contributed by atoms with Crippen LogP contribution in [0.25, 0.3) is 21.9 Å². The van der Waals surface area contributed by atoms with E-state index in [1.807, 2.05) is 40.8 Å². The standard InChI is InChI=1S/C25H27IN7O8P/c1-12(21(35)36)31-42(38)33(15-10-6-8-13-7-4-5-9-14(13)15)40-11-16-18(34)25(2,37)22(41-16)32-19-17(28-23(32)26)20(39-3)30-24(27)29-19/h4-10,12,16,18,22,34,37H,11H2,1-3H3,(H,35,36)(H2,27,29,30)/t12?,16-,18-,22?,25-/m1/s1. The summed E-state index contributed by atoms with van der Waals surface area (Å²) in [5.41, 5.74) is 4.84. The van der Waals surface area contributed by atoms with Crippen LogP contribution in [0.2, 0.25) is 0 Å². The van der Waals surface area contributed by atoms with E-state index in [0.29, 0.717) is 14.9 Å². The van der Waals surface area contributed by atoms with E-state index in [1.54, 1.807) is 24.3 Å². The molecule has 0 saturated carbocycles. The SMILES string of the molecule is COc1nc(N)nc2c1nc(I)n2C1O[C@H](CON(c2cccc3ccccc23)[P+]([O-])=NC(C)C(=O)O)[C@@H](O)[C@@]1(C)O. The molecule has 1 aliphatic rings. The highest BCUT2D eigenvalue weighted by molar-refractivity contribution is 14.1. The van der Waals surface area contributed by atoms with Gasteiger partial charge in [-0.15, -0.1) is 0 Å². The van der Waals surface area contributed by atoms with Gasteiger partial charge in [0.25, 0.3) is 0 Å². The zero-order valence-electron chi connectivity index (χ0n) is 22.5. The van der Waals surface area contributed by atoms with Crippen LogP contribution >= 0.6 is 30.7 Å². The second-order valence-electron chi connectivity index (χ2n) is 9.66. The summed E-state index contributed by atoms with van der Waals surface area (Å²) in [4.78, 5) is 44.4. The number of carbonyl (C=O) groups is 1. The summed E-state index contributed by atoms with van der Waals surface area (Å²) in [5, 5.41) is 33.4. The van der Waals surface area contributed by atoms with E-state index in [9.17, 15) is 25.0 Å². The van der Waals surface area contributed by atoms with Gasteiger partial charge in [0.15, 0.2) is 27.3 Å². The molecule has 0 bridgehead atoms. The molecule has 2 aromatic heterocycles. The first-order valence-corrected chi connectivity index (χ1v) is 14.8. The first-order valence-electron chi connectivity index (χ1n) is 12.6. The molecule has 222 valence electrons. The molecule has 4 aromatic rings. The Labute approximate surface area is 253 Å². The Bertz CT molecular complexity index is 1680. The fourth-order valence-electron chi connectivity index (χ4n) is 4.62. The molecule has 1 saturated heterocycles. The number of aliphatic hydroxyl groups is 2. The molecular weight excluding hydrogens is 684 g/mol. The van der Waals surface area contributed by atoms with Crippen molar-refractivity contribution in [3.8, 4) is 5.88 Å². The molecule has 15 nitrogen and oxygen atoms in total. The number of halogens is 1. The van der Waals surface area contributed by atoms with Gasteiger partial charge in [0.2, 0.25) is 11.8 Å². The lowest BCUT2D eigenvalue weighted by Crippen LogP contribution is -2.45. The number of ether oxygens (including phenoxy) is 2. The van der Waals surface area contributed by atoms with Crippen LogP contribution in [0, 0.1) is 3.83 Å². The molecule has 0 radical (unpaired) electrons. The van der Waals surface area contributed by atoms with Crippen molar-refractivity contribution in [2.75, 3.05) is 24.3 Å². The molecule has 1 fully saturated rings. The largest absolute Gasteiger partial charge is 0.588 e. The van der Waals surface area contributed by atoms with Crippen molar-refractivity contribution in [3.05, 3.63) is 46.3 Å². The fourth-order valence-corrected chi connectivity index (χ4v) is 6.35. The Morgan fingerprint density at radius 1 is 1.31 bits per heavy atom. The lowest BCUT2D eigenvalue weighted by atomic mass is 9.96. The molecule has 0 spiro atoms. The monoisotopic (exact) mass is 711 g/mol. The minimum atomic E-state index is -2.76. The number of nitrogens with zero attached hydrogens (tertiary/aromatic N) is 6. The average molecular weight is 711 g/mol. The van der Waals surface area contributed by atoms with Gasteiger partial charge in [0.05, 0.1) is 7.11 Å². The minimum absolute atomic E-state index is 0.0937. The Kier molecular flexibility index (Phi) is 8.48. The Morgan fingerprint density at radius 2 is 2.02 bits per heavy atom. The highest BCUT2D eigenvalue weighted by Gasteiger charge is 2.54. The van der Waals surface area contributed by atoms with Gasteiger partial charge < -0.3 is 35.4 Å². The van der Waals surface area contributed by atoms with Crippen molar-refractivity contribution in [2.24, 2.45) is 4.74 Å². The molecule has 3 heterocycles. The minimum Gasteiger partial charge on any atom is -0.588 e. The number of nitrogen functional groups attached to an aromatic ring is 1. The van der Waals surface area contributed by atoms with Crippen molar-refractivity contribution < 1.29 is 39.3 Å². The summed E-state index contributed by atoms with van der Waals surface area (Å²) in [6.07, 6.45) is -3.83. The number of nitrogens with two attached hydrogens (primary N) is 1. The van der Waals surface area contributed by atoms with Crippen molar-refractivity contribution in [1.82, 2.24) is 19.5 Å². The van der Waals surface area contributed by atoms with Crippen LogP contribution in [0.4, 0.5) is 11.6 Å². The van der Waals surface area contributed by atoms with E-state index in [4.69, 9.17) is 20.0 Å². The quantitative estimate of drug-likeness (QED) is 0.0847. The third-order valence-electron chi connectivity index (χ3n) is 6.78.